The maximum atomic E-state index is 13.0. The number of aromatic nitrogens is 4. The zero-order valence-corrected chi connectivity index (χ0v) is 10.9. The number of nitrogens with zero attached hydrogens (tertiary/aromatic N) is 4. The van der Waals surface area contributed by atoms with Crippen molar-refractivity contribution in [3.05, 3.63) is 35.1 Å². The van der Waals surface area contributed by atoms with Crippen molar-refractivity contribution < 1.29 is 14.3 Å². The van der Waals surface area contributed by atoms with Gasteiger partial charge in [-0.05, 0) is 40.6 Å². The second-order valence-corrected chi connectivity index (χ2v) is 4.81. The fourth-order valence-corrected chi connectivity index (χ4v) is 2.44. The topological polar surface area (TPSA) is 80.9 Å². The molecule has 19 heavy (non-hydrogen) atoms. The van der Waals surface area contributed by atoms with Crippen molar-refractivity contribution in [1.82, 2.24) is 20.2 Å². The minimum atomic E-state index is -1.01. The molecule has 1 aromatic heterocycles. The molecule has 2 rings (SSSR count). The van der Waals surface area contributed by atoms with Crippen molar-refractivity contribution in [3.63, 3.8) is 0 Å². The molecule has 0 unspecified atom stereocenters. The summed E-state index contributed by atoms with van der Waals surface area (Å²) in [5.74, 6) is -0.736. The molecule has 0 atom stereocenters. The Morgan fingerprint density at radius 2 is 2.32 bits per heavy atom. The number of carboxylic acids is 1. The second kappa shape index (κ2) is 5.79. The Bertz CT molecular complexity index is 602. The molecular weight excluding hydrogens is 271 g/mol. The van der Waals surface area contributed by atoms with Crippen molar-refractivity contribution in [1.29, 1.82) is 0 Å². The Balaban J connectivity index is 2.06. The van der Waals surface area contributed by atoms with Crippen LogP contribution in [0.25, 0.3) is 0 Å². The molecule has 1 heterocycles. The molecule has 0 saturated carbocycles. The van der Waals surface area contributed by atoms with Crippen LogP contribution in [0.5, 0.6) is 0 Å². The quantitative estimate of drug-likeness (QED) is 0.837. The van der Waals surface area contributed by atoms with Crippen molar-refractivity contribution in [3.8, 4) is 0 Å². The van der Waals surface area contributed by atoms with Crippen molar-refractivity contribution in [2.45, 2.75) is 24.4 Å². The van der Waals surface area contributed by atoms with Crippen LogP contribution < -0.4 is 0 Å². The molecule has 1 aromatic carbocycles. The SMILES string of the molecule is Cc1cc(F)ccc1CSc1nnnn1CC(=O)O. The first-order valence-electron chi connectivity index (χ1n) is 5.42. The van der Waals surface area contributed by atoms with Crippen LogP contribution in [0.3, 0.4) is 0 Å². The Morgan fingerprint density at radius 1 is 1.53 bits per heavy atom. The van der Waals surface area contributed by atoms with Gasteiger partial charge in [-0.1, -0.05) is 17.8 Å². The number of rotatable bonds is 5. The first-order chi connectivity index (χ1) is 9.06. The number of carbonyl (C=O) groups is 1. The molecule has 2 aromatic rings. The van der Waals surface area contributed by atoms with E-state index in [2.05, 4.69) is 15.5 Å². The lowest BCUT2D eigenvalue weighted by Gasteiger charge is -2.05. The molecule has 0 saturated heterocycles. The third-order valence-electron chi connectivity index (χ3n) is 2.45. The molecule has 6 nitrogen and oxygen atoms in total. The van der Waals surface area contributed by atoms with Crippen LogP contribution >= 0.6 is 11.8 Å². The number of carboxylic acid groups (broad SMARTS) is 1. The summed E-state index contributed by atoms with van der Waals surface area (Å²) in [4.78, 5) is 10.6. The maximum absolute atomic E-state index is 13.0. The molecule has 0 amide bonds. The Hall–Kier alpha value is -1.96. The number of benzene rings is 1. The molecular formula is C11H11FN4O2S. The van der Waals surface area contributed by atoms with Crippen LogP contribution in [-0.4, -0.2) is 31.3 Å². The van der Waals surface area contributed by atoms with Gasteiger partial charge in [0.25, 0.3) is 0 Å². The van der Waals surface area contributed by atoms with Gasteiger partial charge in [-0.25, -0.2) is 9.07 Å². The lowest BCUT2D eigenvalue weighted by molar-refractivity contribution is -0.138. The van der Waals surface area contributed by atoms with Crippen LogP contribution in [0, 0.1) is 12.7 Å². The van der Waals surface area contributed by atoms with E-state index < -0.39 is 5.97 Å². The molecule has 0 radical (unpaired) electrons. The van der Waals surface area contributed by atoms with Gasteiger partial charge in [0.2, 0.25) is 5.16 Å². The van der Waals surface area contributed by atoms with Gasteiger partial charge in [-0.15, -0.1) is 5.10 Å². The average Bonchev–Trinajstić information content (AvgIpc) is 2.74. The lowest BCUT2D eigenvalue weighted by Crippen LogP contribution is -2.11. The highest BCUT2D eigenvalue weighted by Crippen LogP contribution is 2.22. The normalized spacial score (nSPS) is 10.6. The number of halogens is 1. The summed E-state index contributed by atoms with van der Waals surface area (Å²) in [6, 6.07) is 4.54. The number of hydrogen-bond acceptors (Lipinski definition) is 5. The van der Waals surface area contributed by atoms with E-state index in [-0.39, 0.29) is 12.4 Å². The summed E-state index contributed by atoms with van der Waals surface area (Å²) in [5, 5.41) is 19.9. The summed E-state index contributed by atoms with van der Waals surface area (Å²) in [6.07, 6.45) is 0. The predicted molar refractivity (Wildman–Crippen MR) is 66.2 cm³/mol. The molecule has 0 aliphatic heterocycles. The predicted octanol–water partition coefficient (Wildman–Crippen LogP) is 1.50. The second-order valence-electron chi connectivity index (χ2n) is 3.87. The standard InChI is InChI=1S/C11H11FN4O2S/c1-7-4-9(12)3-2-8(7)6-19-11-13-14-15-16(11)5-10(17)18/h2-4H,5-6H2,1H3,(H,17,18). The highest BCUT2D eigenvalue weighted by atomic mass is 32.2. The number of aliphatic carboxylic acids is 1. The van der Waals surface area contributed by atoms with E-state index in [1.165, 1.54) is 28.6 Å². The maximum Gasteiger partial charge on any atom is 0.325 e. The van der Waals surface area contributed by atoms with Gasteiger partial charge in [0.15, 0.2) is 0 Å². The summed E-state index contributed by atoms with van der Waals surface area (Å²) in [6.45, 7) is 1.54. The van der Waals surface area contributed by atoms with E-state index in [1.807, 2.05) is 6.92 Å². The largest absolute Gasteiger partial charge is 0.480 e. The monoisotopic (exact) mass is 282 g/mol. The summed E-state index contributed by atoms with van der Waals surface area (Å²) in [5.41, 5.74) is 1.79. The number of aryl methyl sites for hydroxylation is 1. The van der Waals surface area contributed by atoms with E-state index >= 15 is 0 Å². The highest BCUT2D eigenvalue weighted by Gasteiger charge is 2.10. The summed E-state index contributed by atoms with van der Waals surface area (Å²) in [7, 11) is 0. The fraction of sp³-hybridized carbons (Fsp3) is 0.273. The first kappa shape index (κ1) is 13.5. The summed E-state index contributed by atoms with van der Waals surface area (Å²) >= 11 is 1.31. The first-order valence-corrected chi connectivity index (χ1v) is 6.40. The van der Waals surface area contributed by atoms with Gasteiger partial charge < -0.3 is 5.11 Å². The molecule has 0 aliphatic rings. The van der Waals surface area contributed by atoms with Crippen molar-refractivity contribution >= 4 is 17.7 Å². The van der Waals surface area contributed by atoms with Crippen molar-refractivity contribution in [2.75, 3.05) is 0 Å². The Kier molecular flexibility index (Phi) is 4.10. The highest BCUT2D eigenvalue weighted by molar-refractivity contribution is 7.98. The van der Waals surface area contributed by atoms with Gasteiger partial charge >= 0.3 is 5.97 Å². The van der Waals surface area contributed by atoms with E-state index in [1.54, 1.807) is 6.07 Å². The fourth-order valence-electron chi connectivity index (χ4n) is 1.49. The number of tetrazole rings is 1. The molecule has 0 bridgehead atoms. The van der Waals surface area contributed by atoms with Crippen LogP contribution in [0.1, 0.15) is 11.1 Å². The minimum absolute atomic E-state index is 0.276. The molecule has 8 heteroatoms. The van der Waals surface area contributed by atoms with Gasteiger partial charge in [-0.2, -0.15) is 0 Å². The molecule has 100 valence electrons. The number of hydrogen-bond donors (Lipinski definition) is 1. The molecule has 0 fully saturated rings. The third-order valence-corrected chi connectivity index (χ3v) is 3.45. The van der Waals surface area contributed by atoms with Crippen LogP contribution in [0.2, 0.25) is 0 Å². The lowest BCUT2D eigenvalue weighted by atomic mass is 10.1. The average molecular weight is 282 g/mol. The van der Waals surface area contributed by atoms with Gasteiger partial charge in [0.1, 0.15) is 12.4 Å². The van der Waals surface area contributed by atoms with Crippen LogP contribution in [0.4, 0.5) is 4.39 Å². The van der Waals surface area contributed by atoms with Gasteiger partial charge in [0.05, 0.1) is 0 Å². The molecule has 0 aliphatic carbocycles. The Labute approximate surface area is 112 Å². The Morgan fingerprint density at radius 3 is 3.00 bits per heavy atom. The third kappa shape index (κ3) is 3.50. The minimum Gasteiger partial charge on any atom is -0.480 e. The van der Waals surface area contributed by atoms with E-state index in [9.17, 15) is 9.18 Å². The van der Waals surface area contributed by atoms with Gasteiger partial charge in [0, 0.05) is 5.75 Å². The van der Waals surface area contributed by atoms with Gasteiger partial charge in [-0.3, -0.25) is 4.79 Å². The zero-order chi connectivity index (χ0) is 13.8. The molecule has 0 spiro atoms. The van der Waals surface area contributed by atoms with Crippen LogP contribution in [0.15, 0.2) is 23.4 Å². The summed E-state index contributed by atoms with van der Waals surface area (Å²) < 4.78 is 14.2. The van der Waals surface area contributed by atoms with E-state index in [0.717, 1.165) is 11.1 Å². The van der Waals surface area contributed by atoms with Crippen LogP contribution in [-0.2, 0) is 17.1 Å². The van der Waals surface area contributed by atoms with Crippen molar-refractivity contribution in [2.24, 2.45) is 0 Å². The zero-order valence-electron chi connectivity index (χ0n) is 10.1. The molecule has 1 N–H and O–H groups in total. The van der Waals surface area contributed by atoms with E-state index in [0.29, 0.717) is 10.9 Å². The smallest absolute Gasteiger partial charge is 0.325 e. The number of thioether (sulfide) groups is 1. The van der Waals surface area contributed by atoms with E-state index in [4.69, 9.17) is 5.11 Å².